The first-order chi connectivity index (χ1) is 8.91. The van der Waals surface area contributed by atoms with Gasteiger partial charge >= 0.3 is 5.97 Å². The number of halogens is 4. The molecular formula is C11H10F4N2O2. The molecule has 1 aliphatic rings. The van der Waals surface area contributed by atoms with Gasteiger partial charge < -0.3 is 10.1 Å². The van der Waals surface area contributed by atoms with Crippen LogP contribution in [0.25, 0.3) is 0 Å². The summed E-state index contributed by atoms with van der Waals surface area (Å²) in [5, 5.41) is 2.19. The SMILES string of the molecule is CCOC(=O)C1(Nc2c(F)c(F)nc(F)c2F)CC1. The van der Waals surface area contributed by atoms with Crippen molar-refractivity contribution in [2.75, 3.05) is 11.9 Å². The molecule has 1 aromatic rings. The zero-order valence-corrected chi connectivity index (χ0v) is 9.90. The van der Waals surface area contributed by atoms with Gasteiger partial charge in [-0.15, -0.1) is 0 Å². The zero-order chi connectivity index (χ0) is 14.2. The van der Waals surface area contributed by atoms with Gasteiger partial charge in [-0.3, -0.25) is 0 Å². The number of nitrogens with one attached hydrogen (secondary N) is 1. The molecule has 19 heavy (non-hydrogen) atoms. The van der Waals surface area contributed by atoms with Crippen LogP contribution in [0.15, 0.2) is 0 Å². The standard InChI is InChI=1S/C11H10F4N2O2/c1-2-19-10(18)11(3-4-11)17-7-5(12)8(14)16-9(15)6(7)13/h2-4H2,1H3,(H,16,17). The van der Waals surface area contributed by atoms with Crippen molar-refractivity contribution >= 4 is 11.7 Å². The number of anilines is 1. The summed E-state index contributed by atoms with van der Waals surface area (Å²) < 4.78 is 57.3. The first-order valence-electron chi connectivity index (χ1n) is 5.56. The van der Waals surface area contributed by atoms with E-state index in [1.165, 1.54) is 0 Å². The number of hydrogen-bond acceptors (Lipinski definition) is 4. The van der Waals surface area contributed by atoms with E-state index in [0.717, 1.165) is 0 Å². The summed E-state index contributed by atoms with van der Waals surface area (Å²) in [6, 6.07) is 0. The van der Waals surface area contributed by atoms with Crippen molar-refractivity contribution in [2.24, 2.45) is 0 Å². The third-order valence-corrected chi connectivity index (χ3v) is 2.78. The second-order valence-corrected chi connectivity index (χ2v) is 4.12. The summed E-state index contributed by atoms with van der Waals surface area (Å²) in [6.07, 6.45) is 0.520. The van der Waals surface area contributed by atoms with Crippen LogP contribution in [0, 0.1) is 23.5 Å². The molecule has 0 aromatic carbocycles. The Balaban J connectivity index is 2.32. The van der Waals surface area contributed by atoms with Gasteiger partial charge in [-0.1, -0.05) is 0 Å². The fourth-order valence-corrected chi connectivity index (χ4v) is 1.61. The molecule has 104 valence electrons. The van der Waals surface area contributed by atoms with Crippen LogP contribution in [0.4, 0.5) is 23.2 Å². The predicted octanol–water partition coefficient (Wildman–Crippen LogP) is 2.15. The number of pyridine rings is 1. The maximum absolute atomic E-state index is 13.4. The summed E-state index contributed by atoms with van der Waals surface area (Å²) in [5.74, 6) is -7.61. The van der Waals surface area contributed by atoms with Crippen LogP contribution >= 0.6 is 0 Å². The van der Waals surface area contributed by atoms with E-state index < -0.39 is 40.7 Å². The maximum Gasteiger partial charge on any atom is 0.331 e. The molecule has 0 bridgehead atoms. The third kappa shape index (κ3) is 2.34. The first-order valence-corrected chi connectivity index (χ1v) is 5.56. The minimum Gasteiger partial charge on any atom is -0.464 e. The highest BCUT2D eigenvalue weighted by Crippen LogP contribution is 2.41. The van der Waals surface area contributed by atoms with Crippen molar-refractivity contribution in [3.05, 3.63) is 23.5 Å². The molecule has 0 aliphatic heterocycles. The summed E-state index contributed by atoms with van der Waals surface area (Å²) in [6.45, 7) is 1.66. The molecule has 1 heterocycles. The molecule has 0 saturated heterocycles. The van der Waals surface area contributed by atoms with E-state index in [-0.39, 0.29) is 19.4 Å². The molecule has 1 aromatic heterocycles. The van der Waals surface area contributed by atoms with E-state index in [4.69, 9.17) is 4.74 Å². The quantitative estimate of drug-likeness (QED) is 0.521. The van der Waals surface area contributed by atoms with Crippen molar-refractivity contribution < 1.29 is 27.1 Å². The molecular weight excluding hydrogens is 268 g/mol. The summed E-state index contributed by atoms with van der Waals surface area (Å²) >= 11 is 0. The average Bonchev–Trinajstić information content (AvgIpc) is 3.14. The predicted molar refractivity (Wildman–Crippen MR) is 56.3 cm³/mol. The van der Waals surface area contributed by atoms with Crippen LogP contribution < -0.4 is 5.32 Å². The average molecular weight is 278 g/mol. The van der Waals surface area contributed by atoms with E-state index in [1.807, 2.05) is 0 Å². The second-order valence-electron chi connectivity index (χ2n) is 4.12. The maximum atomic E-state index is 13.4. The Morgan fingerprint density at radius 1 is 1.26 bits per heavy atom. The third-order valence-electron chi connectivity index (χ3n) is 2.78. The van der Waals surface area contributed by atoms with Crippen molar-refractivity contribution in [1.82, 2.24) is 4.98 Å². The van der Waals surface area contributed by atoms with E-state index in [2.05, 4.69) is 10.3 Å². The summed E-state index contributed by atoms with van der Waals surface area (Å²) in [4.78, 5) is 14.0. The molecule has 0 spiro atoms. The van der Waals surface area contributed by atoms with Gasteiger partial charge in [0.1, 0.15) is 11.2 Å². The van der Waals surface area contributed by atoms with Crippen LogP contribution in [0.2, 0.25) is 0 Å². The van der Waals surface area contributed by atoms with Gasteiger partial charge in [0, 0.05) is 0 Å². The van der Waals surface area contributed by atoms with Gasteiger partial charge in [-0.2, -0.15) is 22.5 Å². The zero-order valence-electron chi connectivity index (χ0n) is 9.90. The lowest BCUT2D eigenvalue weighted by molar-refractivity contribution is -0.145. The highest BCUT2D eigenvalue weighted by Gasteiger charge is 2.52. The van der Waals surface area contributed by atoms with Crippen molar-refractivity contribution in [1.29, 1.82) is 0 Å². The lowest BCUT2D eigenvalue weighted by Crippen LogP contribution is -2.34. The number of esters is 1. The molecule has 0 amide bonds. The number of aromatic nitrogens is 1. The lowest BCUT2D eigenvalue weighted by atomic mass is 10.2. The number of rotatable bonds is 4. The minimum atomic E-state index is -1.78. The van der Waals surface area contributed by atoms with E-state index in [9.17, 15) is 22.4 Å². The Labute approximate surface area is 105 Å². The number of ether oxygens (including phenoxy) is 1. The van der Waals surface area contributed by atoms with Crippen LogP contribution in [0.3, 0.4) is 0 Å². The Morgan fingerprint density at radius 2 is 1.79 bits per heavy atom. The van der Waals surface area contributed by atoms with Crippen molar-refractivity contribution in [3.8, 4) is 0 Å². The molecule has 0 radical (unpaired) electrons. The monoisotopic (exact) mass is 278 g/mol. The largest absolute Gasteiger partial charge is 0.464 e. The molecule has 0 unspecified atom stereocenters. The summed E-state index contributed by atoms with van der Waals surface area (Å²) in [7, 11) is 0. The molecule has 0 atom stereocenters. The molecule has 1 fully saturated rings. The Hall–Kier alpha value is -1.86. The summed E-state index contributed by atoms with van der Waals surface area (Å²) in [5.41, 5.74) is -2.37. The molecule has 1 aliphatic carbocycles. The topological polar surface area (TPSA) is 51.2 Å². The van der Waals surface area contributed by atoms with Gasteiger partial charge in [0.2, 0.25) is 11.6 Å². The molecule has 1 N–H and O–H groups in total. The lowest BCUT2D eigenvalue weighted by Gasteiger charge is -2.18. The molecule has 2 rings (SSSR count). The van der Waals surface area contributed by atoms with E-state index >= 15 is 0 Å². The minimum absolute atomic E-state index is 0.0896. The number of carbonyl (C=O) groups excluding carboxylic acids is 1. The van der Waals surface area contributed by atoms with Crippen molar-refractivity contribution in [2.45, 2.75) is 25.3 Å². The Morgan fingerprint density at radius 3 is 2.21 bits per heavy atom. The van der Waals surface area contributed by atoms with Gasteiger partial charge in [-0.25, -0.2) is 4.79 Å². The van der Waals surface area contributed by atoms with Crippen LogP contribution in [0.1, 0.15) is 19.8 Å². The van der Waals surface area contributed by atoms with E-state index in [0.29, 0.717) is 0 Å². The molecule has 4 nitrogen and oxygen atoms in total. The smallest absolute Gasteiger partial charge is 0.331 e. The Bertz CT molecular complexity index is 506. The molecule has 1 saturated carbocycles. The molecule has 8 heteroatoms. The normalized spacial score (nSPS) is 16.1. The fourth-order valence-electron chi connectivity index (χ4n) is 1.61. The van der Waals surface area contributed by atoms with Crippen molar-refractivity contribution in [3.63, 3.8) is 0 Å². The van der Waals surface area contributed by atoms with Crippen LogP contribution in [0.5, 0.6) is 0 Å². The second kappa shape index (κ2) is 4.67. The van der Waals surface area contributed by atoms with Crippen LogP contribution in [-0.2, 0) is 9.53 Å². The number of nitrogens with zero attached hydrogens (tertiary/aromatic N) is 1. The van der Waals surface area contributed by atoms with E-state index in [1.54, 1.807) is 6.92 Å². The van der Waals surface area contributed by atoms with Gasteiger partial charge in [-0.05, 0) is 19.8 Å². The highest BCUT2D eigenvalue weighted by atomic mass is 19.2. The first kappa shape index (κ1) is 13.6. The van der Waals surface area contributed by atoms with Gasteiger partial charge in [0.05, 0.1) is 6.61 Å². The number of carbonyl (C=O) groups is 1. The van der Waals surface area contributed by atoms with Gasteiger partial charge in [0.25, 0.3) is 11.9 Å². The Kier molecular flexibility index (Phi) is 3.34. The van der Waals surface area contributed by atoms with Crippen LogP contribution in [-0.4, -0.2) is 23.1 Å². The van der Waals surface area contributed by atoms with Gasteiger partial charge in [0.15, 0.2) is 0 Å². The fraction of sp³-hybridized carbons (Fsp3) is 0.455. The number of hydrogen-bond donors (Lipinski definition) is 1. The highest BCUT2D eigenvalue weighted by molar-refractivity contribution is 5.88.